The van der Waals surface area contributed by atoms with E-state index in [4.69, 9.17) is 0 Å². The van der Waals surface area contributed by atoms with Crippen LogP contribution in [0.4, 0.5) is 5.69 Å². The number of anilines is 1. The van der Waals surface area contributed by atoms with E-state index >= 15 is 0 Å². The minimum absolute atomic E-state index is 0. The van der Waals surface area contributed by atoms with Gasteiger partial charge in [0.1, 0.15) is 0 Å². The van der Waals surface area contributed by atoms with Crippen molar-refractivity contribution >= 4 is 41.5 Å². The quantitative estimate of drug-likeness (QED) is 0.290. The van der Waals surface area contributed by atoms with Gasteiger partial charge < -0.3 is 20.9 Å². The maximum absolute atomic E-state index is 11.9. The van der Waals surface area contributed by atoms with Crippen LogP contribution in [0.25, 0.3) is 0 Å². The molecule has 0 bridgehead atoms. The Morgan fingerprint density at radius 3 is 2.45 bits per heavy atom. The maximum atomic E-state index is 11.9. The minimum atomic E-state index is -0.0248. The summed E-state index contributed by atoms with van der Waals surface area (Å²) in [6.45, 7) is 6.53. The Morgan fingerprint density at radius 2 is 1.76 bits per heavy atom. The van der Waals surface area contributed by atoms with E-state index < -0.39 is 0 Å². The van der Waals surface area contributed by atoms with E-state index in [9.17, 15) is 4.79 Å². The number of carbonyl (C=O) groups is 1. The Hall–Kier alpha value is -2.13. The number of halogens is 1. The second-order valence-electron chi connectivity index (χ2n) is 7.02. The first-order valence-corrected chi connectivity index (χ1v) is 9.57. The van der Waals surface area contributed by atoms with Crippen LogP contribution < -0.4 is 16.0 Å². The highest BCUT2D eigenvalue weighted by atomic mass is 127. The fourth-order valence-corrected chi connectivity index (χ4v) is 2.76. The number of aryl methyl sites for hydroxylation is 1. The van der Waals surface area contributed by atoms with E-state index in [0.29, 0.717) is 19.6 Å². The molecule has 2 aromatic rings. The molecule has 0 aliphatic carbocycles. The van der Waals surface area contributed by atoms with Gasteiger partial charge in [0, 0.05) is 18.8 Å². The standard InChI is InChI=1S/C22H31N5O.HI/c1-5-23-22(24-14-18-9-6-8-17(2)12-18)25-15-19-10-7-11-20(13-19)26-21(28)16-27(3)4;/h6-13H,5,14-16H2,1-4H3,(H,26,28)(H2,23,24,25);1H. The summed E-state index contributed by atoms with van der Waals surface area (Å²) in [6.07, 6.45) is 0. The van der Waals surface area contributed by atoms with Crippen LogP contribution in [0.2, 0.25) is 0 Å². The molecule has 0 atom stereocenters. The summed E-state index contributed by atoms with van der Waals surface area (Å²) < 4.78 is 0. The molecule has 29 heavy (non-hydrogen) atoms. The third-order valence-corrected chi connectivity index (χ3v) is 3.98. The first-order chi connectivity index (χ1) is 13.5. The number of rotatable bonds is 8. The zero-order valence-corrected chi connectivity index (χ0v) is 20.0. The maximum Gasteiger partial charge on any atom is 0.238 e. The van der Waals surface area contributed by atoms with E-state index in [1.807, 2.05) is 50.2 Å². The smallest absolute Gasteiger partial charge is 0.238 e. The topological polar surface area (TPSA) is 68.8 Å². The predicted octanol–water partition coefficient (Wildman–Crippen LogP) is 3.37. The Morgan fingerprint density at radius 1 is 1.03 bits per heavy atom. The van der Waals surface area contributed by atoms with Crippen LogP contribution in [-0.4, -0.2) is 44.0 Å². The Labute approximate surface area is 191 Å². The molecule has 1 amide bonds. The Kier molecular flexibility index (Phi) is 11.3. The average Bonchev–Trinajstić information content (AvgIpc) is 2.63. The highest BCUT2D eigenvalue weighted by Gasteiger charge is 2.05. The van der Waals surface area contributed by atoms with Gasteiger partial charge in [-0.3, -0.25) is 4.79 Å². The van der Waals surface area contributed by atoms with Crippen LogP contribution in [0.1, 0.15) is 23.6 Å². The highest BCUT2D eigenvalue weighted by molar-refractivity contribution is 14.0. The SMILES string of the molecule is CCNC(=NCc1cccc(C)c1)NCc1cccc(NC(=O)CN(C)C)c1.I. The van der Waals surface area contributed by atoms with Crippen molar-refractivity contribution in [1.82, 2.24) is 15.5 Å². The summed E-state index contributed by atoms with van der Waals surface area (Å²) in [5.41, 5.74) is 4.29. The van der Waals surface area contributed by atoms with Crippen molar-refractivity contribution in [3.8, 4) is 0 Å². The van der Waals surface area contributed by atoms with Crippen LogP contribution in [0.5, 0.6) is 0 Å². The number of carbonyl (C=O) groups excluding carboxylic acids is 1. The van der Waals surface area contributed by atoms with Crippen molar-refractivity contribution in [2.24, 2.45) is 4.99 Å². The Balaban J connectivity index is 0.00000420. The van der Waals surface area contributed by atoms with Crippen LogP contribution >= 0.6 is 24.0 Å². The van der Waals surface area contributed by atoms with E-state index in [1.54, 1.807) is 0 Å². The molecule has 0 heterocycles. The largest absolute Gasteiger partial charge is 0.357 e. The number of hydrogen-bond acceptors (Lipinski definition) is 3. The molecule has 3 N–H and O–H groups in total. The number of likely N-dealkylation sites (N-methyl/N-ethyl adjacent to an activating group) is 1. The lowest BCUT2D eigenvalue weighted by molar-refractivity contribution is -0.116. The molecule has 0 saturated carbocycles. The highest BCUT2D eigenvalue weighted by Crippen LogP contribution is 2.11. The van der Waals surface area contributed by atoms with E-state index in [1.165, 1.54) is 11.1 Å². The van der Waals surface area contributed by atoms with Crippen LogP contribution in [-0.2, 0) is 17.9 Å². The van der Waals surface area contributed by atoms with Crippen molar-refractivity contribution < 1.29 is 4.79 Å². The zero-order valence-electron chi connectivity index (χ0n) is 17.7. The van der Waals surface area contributed by atoms with Crippen LogP contribution in [0.15, 0.2) is 53.5 Å². The number of nitrogens with one attached hydrogen (secondary N) is 3. The number of nitrogens with zero attached hydrogens (tertiary/aromatic N) is 2. The molecule has 0 spiro atoms. The van der Waals surface area contributed by atoms with Gasteiger partial charge in [0.2, 0.25) is 5.91 Å². The number of guanidine groups is 1. The second kappa shape index (κ2) is 13.2. The molecule has 0 aliphatic rings. The van der Waals surface area contributed by atoms with Gasteiger partial charge in [0.15, 0.2) is 5.96 Å². The lowest BCUT2D eigenvalue weighted by Crippen LogP contribution is -2.36. The van der Waals surface area contributed by atoms with E-state index in [2.05, 4.69) is 52.1 Å². The predicted molar refractivity (Wildman–Crippen MR) is 132 cm³/mol. The van der Waals surface area contributed by atoms with Gasteiger partial charge >= 0.3 is 0 Å². The van der Waals surface area contributed by atoms with Gasteiger partial charge in [0.25, 0.3) is 0 Å². The van der Waals surface area contributed by atoms with Crippen molar-refractivity contribution in [1.29, 1.82) is 0 Å². The summed E-state index contributed by atoms with van der Waals surface area (Å²) in [4.78, 5) is 18.4. The molecular weight excluding hydrogens is 477 g/mol. The van der Waals surface area contributed by atoms with E-state index in [0.717, 1.165) is 23.8 Å². The summed E-state index contributed by atoms with van der Waals surface area (Å²) in [5.74, 6) is 0.745. The zero-order chi connectivity index (χ0) is 20.4. The van der Waals surface area contributed by atoms with Gasteiger partial charge in [-0.05, 0) is 51.2 Å². The molecule has 6 nitrogen and oxygen atoms in total. The normalized spacial score (nSPS) is 11.0. The molecule has 158 valence electrons. The summed E-state index contributed by atoms with van der Waals surface area (Å²) in [6, 6.07) is 16.2. The fourth-order valence-electron chi connectivity index (χ4n) is 2.76. The molecule has 0 aromatic heterocycles. The molecule has 0 aliphatic heterocycles. The lowest BCUT2D eigenvalue weighted by Gasteiger charge is -2.13. The molecule has 2 aromatic carbocycles. The fraction of sp³-hybridized carbons (Fsp3) is 0.364. The molecule has 0 saturated heterocycles. The van der Waals surface area contributed by atoms with Crippen molar-refractivity contribution in [2.45, 2.75) is 26.9 Å². The average molecular weight is 509 g/mol. The first kappa shape index (κ1) is 24.9. The van der Waals surface area contributed by atoms with E-state index in [-0.39, 0.29) is 29.9 Å². The second-order valence-corrected chi connectivity index (χ2v) is 7.02. The molecular formula is C22H32IN5O. The monoisotopic (exact) mass is 509 g/mol. The summed E-state index contributed by atoms with van der Waals surface area (Å²) in [5, 5.41) is 9.55. The number of aliphatic imine (C=N–C) groups is 1. The number of amides is 1. The number of hydrogen-bond donors (Lipinski definition) is 3. The van der Waals surface area contributed by atoms with Crippen molar-refractivity contribution in [3.63, 3.8) is 0 Å². The van der Waals surface area contributed by atoms with Crippen LogP contribution in [0, 0.1) is 6.92 Å². The molecule has 2 rings (SSSR count). The first-order valence-electron chi connectivity index (χ1n) is 9.57. The summed E-state index contributed by atoms with van der Waals surface area (Å²) in [7, 11) is 3.75. The Bertz CT molecular complexity index is 807. The third kappa shape index (κ3) is 9.76. The van der Waals surface area contributed by atoms with Gasteiger partial charge in [-0.2, -0.15) is 0 Å². The minimum Gasteiger partial charge on any atom is -0.357 e. The van der Waals surface area contributed by atoms with Crippen LogP contribution in [0.3, 0.4) is 0 Å². The number of benzene rings is 2. The third-order valence-electron chi connectivity index (χ3n) is 3.98. The molecule has 0 radical (unpaired) electrons. The molecule has 0 unspecified atom stereocenters. The molecule has 7 heteroatoms. The van der Waals surface area contributed by atoms with Crippen molar-refractivity contribution in [3.05, 3.63) is 65.2 Å². The molecule has 0 fully saturated rings. The van der Waals surface area contributed by atoms with Crippen molar-refractivity contribution in [2.75, 3.05) is 32.5 Å². The lowest BCUT2D eigenvalue weighted by atomic mass is 10.1. The van der Waals surface area contributed by atoms with Gasteiger partial charge in [-0.15, -0.1) is 24.0 Å². The van der Waals surface area contributed by atoms with Gasteiger partial charge in [-0.1, -0.05) is 42.0 Å². The summed E-state index contributed by atoms with van der Waals surface area (Å²) >= 11 is 0. The van der Waals surface area contributed by atoms with Gasteiger partial charge in [0.05, 0.1) is 13.1 Å². The van der Waals surface area contributed by atoms with Gasteiger partial charge in [-0.25, -0.2) is 4.99 Å².